The summed E-state index contributed by atoms with van der Waals surface area (Å²) >= 11 is 0. The number of benzene rings is 1. The van der Waals surface area contributed by atoms with Crippen molar-refractivity contribution in [3.63, 3.8) is 0 Å². The summed E-state index contributed by atoms with van der Waals surface area (Å²) in [4.78, 5) is 8.63. The number of para-hydroxylation sites is 1. The van der Waals surface area contributed by atoms with Crippen LogP contribution in [0.3, 0.4) is 0 Å². The average Bonchev–Trinajstić information content (AvgIpc) is 2.82. The lowest BCUT2D eigenvalue weighted by Gasteiger charge is -2.08. The number of fused-ring (bicyclic) bond motifs is 1. The third-order valence-corrected chi connectivity index (χ3v) is 3.23. The SMILES string of the molecule is C=Nc1c(/C=C\C)n(-c2ccccc2)c2cccnc12. The normalized spacial score (nSPS) is 11.2. The number of hydrogen-bond donors (Lipinski definition) is 0. The Morgan fingerprint density at radius 1 is 1.15 bits per heavy atom. The summed E-state index contributed by atoms with van der Waals surface area (Å²) in [6.45, 7) is 5.69. The molecule has 98 valence electrons. The van der Waals surface area contributed by atoms with E-state index in [2.05, 4.69) is 39.5 Å². The van der Waals surface area contributed by atoms with E-state index in [1.807, 2.05) is 43.3 Å². The minimum atomic E-state index is 0.822. The van der Waals surface area contributed by atoms with Crippen molar-refractivity contribution in [1.29, 1.82) is 0 Å². The Kier molecular flexibility index (Phi) is 3.17. The third-order valence-electron chi connectivity index (χ3n) is 3.23. The first kappa shape index (κ1) is 12.4. The lowest BCUT2D eigenvalue weighted by molar-refractivity contribution is 1.10. The van der Waals surface area contributed by atoms with Crippen molar-refractivity contribution < 1.29 is 0 Å². The summed E-state index contributed by atoms with van der Waals surface area (Å²) in [6, 6.07) is 14.2. The van der Waals surface area contributed by atoms with Gasteiger partial charge in [-0.1, -0.05) is 24.3 Å². The highest BCUT2D eigenvalue weighted by atomic mass is 15.0. The molecule has 0 aliphatic rings. The highest BCUT2D eigenvalue weighted by molar-refractivity contribution is 5.95. The van der Waals surface area contributed by atoms with Crippen LogP contribution in [0.5, 0.6) is 0 Å². The first-order chi connectivity index (χ1) is 9.86. The van der Waals surface area contributed by atoms with Crippen LogP contribution in [0.2, 0.25) is 0 Å². The number of aliphatic imine (C=N–C) groups is 1. The minimum absolute atomic E-state index is 0.822. The van der Waals surface area contributed by atoms with Gasteiger partial charge in [0.05, 0.1) is 11.2 Å². The van der Waals surface area contributed by atoms with Crippen molar-refractivity contribution in [2.75, 3.05) is 0 Å². The second kappa shape index (κ2) is 5.13. The number of allylic oxidation sites excluding steroid dienone is 1. The molecule has 0 fully saturated rings. The van der Waals surface area contributed by atoms with Gasteiger partial charge in [0.1, 0.15) is 11.2 Å². The minimum Gasteiger partial charge on any atom is -0.306 e. The molecule has 3 rings (SSSR count). The summed E-state index contributed by atoms with van der Waals surface area (Å²) in [7, 11) is 0. The highest BCUT2D eigenvalue weighted by Gasteiger charge is 2.16. The molecule has 0 aliphatic heterocycles. The monoisotopic (exact) mass is 261 g/mol. The quantitative estimate of drug-likeness (QED) is 0.643. The fraction of sp³-hybridized carbons (Fsp3) is 0.0588. The molecule has 2 heterocycles. The number of aromatic nitrogens is 2. The van der Waals surface area contributed by atoms with Crippen LogP contribution < -0.4 is 0 Å². The Morgan fingerprint density at radius 2 is 1.95 bits per heavy atom. The molecule has 3 heteroatoms. The molecule has 20 heavy (non-hydrogen) atoms. The van der Waals surface area contributed by atoms with Crippen molar-refractivity contribution in [2.45, 2.75) is 6.92 Å². The average molecular weight is 261 g/mol. The predicted octanol–water partition coefficient (Wildman–Crippen LogP) is 4.39. The third kappa shape index (κ3) is 1.84. The zero-order valence-corrected chi connectivity index (χ0v) is 11.3. The lowest BCUT2D eigenvalue weighted by atomic mass is 10.3. The maximum atomic E-state index is 4.45. The molecule has 0 N–H and O–H groups in total. The van der Waals surface area contributed by atoms with Crippen LogP contribution in [0.25, 0.3) is 22.8 Å². The van der Waals surface area contributed by atoms with E-state index in [9.17, 15) is 0 Å². The largest absolute Gasteiger partial charge is 0.306 e. The van der Waals surface area contributed by atoms with Gasteiger partial charge in [-0.25, -0.2) is 0 Å². The van der Waals surface area contributed by atoms with Gasteiger partial charge in [-0.15, -0.1) is 0 Å². The summed E-state index contributed by atoms with van der Waals surface area (Å²) in [5, 5.41) is 0. The van der Waals surface area contributed by atoms with Crippen LogP contribution in [0.4, 0.5) is 5.69 Å². The summed E-state index contributed by atoms with van der Waals surface area (Å²) in [5.41, 5.74) is 4.83. The molecule has 3 aromatic rings. The van der Waals surface area contributed by atoms with Crippen LogP contribution in [0, 0.1) is 0 Å². The molecule has 0 amide bonds. The van der Waals surface area contributed by atoms with Crippen LogP contribution in [0.1, 0.15) is 12.6 Å². The number of nitrogens with zero attached hydrogens (tertiary/aromatic N) is 3. The lowest BCUT2D eigenvalue weighted by Crippen LogP contribution is -1.95. The van der Waals surface area contributed by atoms with Gasteiger partial charge in [0.25, 0.3) is 0 Å². The molecule has 3 nitrogen and oxygen atoms in total. The Balaban J connectivity index is 2.46. The summed E-state index contributed by atoms with van der Waals surface area (Å²) in [5.74, 6) is 0. The van der Waals surface area contributed by atoms with Crippen molar-refractivity contribution in [1.82, 2.24) is 9.55 Å². The molecule has 1 aromatic carbocycles. The smallest absolute Gasteiger partial charge is 0.115 e. The van der Waals surface area contributed by atoms with E-state index in [4.69, 9.17) is 0 Å². The standard InChI is InChI=1S/C17H15N3/c1-3-8-14-16(18-2)17-15(11-7-12-19-17)20(14)13-9-5-4-6-10-13/h3-12H,2H2,1H3/b8-3-. The van der Waals surface area contributed by atoms with E-state index in [1.165, 1.54) is 0 Å². The second-order valence-corrected chi connectivity index (χ2v) is 4.43. The molecule has 2 aromatic heterocycles. The van der Waals surface area contributed by atoms with Crippen molar-refractivity contribution in [2.24, 2.45) is 4.99 Å². The van der Waals surface area contributed by atoms with Crippen LogP contribution in [-0.4, -0.2) is 16.3 Å². The fourth-order valence-corrected chi connectivity index (χ4v) is 2.44. The van der Waals surface area contributed by atoms with Crippen LogP contribution in [-0.2, 0) is 0 Å². The van der Waals surface area contributed by atoms with Gasteiger partial charge in [0.15, 0.2) is 0 Å². The van der Waals surface area contributed by atoms with Gasteiger partial charge in [-0.3, -0.25) is 9.98 Å². The molecule has 0 atom stereocenters. The zero-order valence-electron chi connectivity index (χ0n) is 11.3. The molecule has 0 saturated carbocycles. The molecular weight excluding hydrogens is 246 g/mol. The van der Waals surface area contributed by atoms with E-state index in [-0.39, 0.29) is 0 Å². The highest BCUT2D eigenvalue weighted by Crippen LogP contribution is 2.34. The Bertz CT molecular complexity index is 783. The van der Waals surface area contributed by atoms with Crippen LogP contribution >= 0.6 is 0 Å². The Hall–Kier alpha value is -2.68. The molecule has 0 spiro atoms. The van der Waals surface area contributed by atoms with Gasteiger partial charge < -0.3 is 4.57 Å². The first-order valence-electron chi connectivity index (χ1n) is 6.51. The summed E-state index contributed by atoms with van der Waals surface area (Å²) < 4.78 is 2.16. The van der Waals surface area contributed by atoms with E-state index in [0.29, 0.717) is 0 Å². The van der Waals surface area contributed by atoms with Crippen molar-refractivity contribution in [3.8, 4) is 5.69 Å². The molecule has 0 bridgehead atoms. The summed E-state index contributed by atoms with van der Waals surface area (Å²) in [6.07, 6.45) is 5.83. The molecule has 0 radical (unpaired) electrons. The Labute approximate surface area is 117 Å². The molecule has 0 saturated heterocycles. The molecular formula is C17H15N3. The maximum absolute atomic E-state index is 4.45. The van der Waals surface area contributed by atoms with Gasteiger partial charge in [0, 0.05) is 11.9 Å². The number of hydrogen-bond acceptors (Lipinski definition) is 2. The van der Waals surface area contributed by atoms with Gasteiger partial charge in [-0.2, -0.15) is 0 Å². The number of pyridine rings is 1. The van der Waals surface area contributed by atoms with E-state index < -0.39 is 0 Å². The Morgan fingerprint density at radius 3 is 2.65 bits per heavy atom. The topological polar surface area (TPSA) is 30.2 Å². The maximum Gasteiger partial charge on any atom is 0.115 e. The van der Waals surface area contributed by atoms with Gasteiger partial charge in [-0.05, 0) is 44.0 Å². The molecule has 0 aliphatic carbocycles. The second-order valence-electron chi connectivity index (χ2n) is 4.43. The van der Waals surface area contributed by atoms with Crippen LogP contribution in [0.15, 0.2) is 59.7 Å². The first-order valence-corrected chi connectivity index (χ1v) is 6.51. The van der Waals surface area contributed by atoms with E-state index >= 15 is 0 Å². The van der Waals surface area contributed by atoms with Gasteiger partial charge >= 0.3 is 0 Å². The van der Waals surface area contributed by atoms with Gasteiger partial charge in [0.2, 0.25) is 0 Å². The molecule has 0 unspecified atom stereocenters. The number of rotatable bonds is 3. The fourth-order valence-electron chi connectivity index (χ4n) is 2.44. The van der Waals surface area contributed by atoms with Crippen molar-refractivity contribution >= 4 is 29.5 Å². The predicted molar refractivity (Wildman–Crippen MR) is 85.0 cm³/mol. The van der Waals surface area contributed by atoms with Crippen molar-refractivity contribution in [3.05, 3.63) is 60.4 Å². The van der Waals surface area contributed by atoms with E-state index in [1.54, 1.807) is 6.20 Å². The zero-order chi connectivity index (χ0) is 13.9. The van der Waals surface area contributed by atoms with E-state index in [0.717, 1.165) is 28.1 Å².